The Hall–Kier alpha value is -2.12. The second-order valence-electron chi connectivity index (χ2n) is 6.62. The van der Waals surface area contributed by atoms with Crippen molar-refractivity contribution >= 4 is 44.9 Å². The van der Waals surface area contributed by atoms with Crippen molar-refractivity contribution in [3.63, 3.8) is 0 Å². The number of fused-ring (bicyclic) bond motifs is 1. The molecule has 0 fully saturated rings. The standard InChI is InChI=1S/C20H23N3O2S2/c1-5-14(4)23-19(25)18-16(8-9-26-18)22-20(23)27-11-17(24)21-15-7-6-12(2)10-13(15)3/h6-10,14H,5,11H2,1-4H3,(H,21,24)/t14-/m0/s1. The SMILES string of the molecule is CC[C@H](C)n1c(SCC(=O)Nc2ccc(C)cc2C)nc2ccsc2c1=O. The summed E-state index contributed by atoms with van der Waals surface area (Å²) >= 11 is 2.71. The van der Waals surface area contributed by atoms with Crippen LogP contribution >= 0.6 is 23.1 Å². The minimum atomic E-state index is -0.109. The minimum Gasteiger partial charge on any atom is -0.325 e. The molecule has 3 aromatic rings. The van der Waals surface area contributed by atoms with E-state index in [1.165, 1.54) is 23.1 Å². The number of amides is 1. The Balaban J connectivity index is 1.81. The third kappa shape index (κ3) is 4.25. The molecule has 0 aliphatic rings. The monoisotopic (exact) mass is 401 g/mol. The van der Waals surface area contributed by atoms with Crippen molar-refractivity contribution in [3.05, 3.63) is 51.1 Å². The van der Waals surface area contributed by atoms with Gasteiger partial charge < -0.3 is 5.32 Å². The van der Waals surface area contributed by atoms with E-state index < -0.39 is 0 Å². The van der Waals surface area contributed by atoms with Crippen LogP contribution in [0.25, 0.3) is 10.2 Å². The quantitative estimate of drug-likeness (QED) is 0.477. The van der Waals surface area contributed by atoms with Crippen LogP contribution < -0.4 is 10.9 Å². The van der Waals surface area contributed by atoms with E-state index in [1.807, 2.05) is 57.3 Å². The van der Waals surface area contributed by atoms with Crippen LogP contribution in [0.15, 0.2) is 39.6 Å². The van der Waals surface area contributed by atoms with E-state index in [4.69, 9.17) is 0 Å². The summed E-state index contributed by atoms with van der Waals surface area (Å²) in [5.41, 5.74) is 3.67. The molecule has 0 saturated carbocycles. The molecule has 0 radical (unpaired) electrons. The van der Waals surface area contributed by atoms with Crippen molar-refractivity contribution in [1.82, 2.24) is 9.55 Å². The lowest BCUT2D eigenvalue weighted by atomic mass is 10.1. The molecular formula is C20H23N3O2S2. The summed E-state index contributed by atoms with van der Waals surface area (Å²) in [5, 5.41) is 5.41. The Morgan fingerprint density at radius 1 is 1.33 bits per heavy atom. The Labute approximate surface area is 166 Å². The summed E-state index contributed by atoms with van der Waals surface area (Å²) in [7, 11) is 0. The number of rotatable bonds is 6. The zero-order valence-corrected chi connectivity index (χ0v) is 17.5. The molecule has 0 unspecified atom stereocenters. The highest BCUT2D eigenvalue weighted by Crippen LogP contribution is 2.25. The molecule has 5 nitrogen and oxygen atoms in total. The average molecular weight is 402 g/mol. The first-order valence-electron chi connectivity index (χ1n) is 8.90. The van der Waals surface area contributed by atoms with Crippen molar-refractivity contribution in [1.29, 1.82) is 0 Å². The number of carbonyl (C=O) groups is 1. The summed E-state index contributed by atoms with van der Waals surface area (Å²) in [6, 6.07) is 7.80. The number of thioether (sulfide) groups is 1. The zero-order chi connectivity index (χ0) is 19.6. The van der Waals surface area contributed by atoms with Crippen LogP contribution in [0.3, 0.4) is 0 Å². The molecule has 1 N–H and O–H groups in total. The number of anilines is 1. The van der Waals surface area contributed by atoms with Crippen LogP contribution in [-0.4, -0.2) is 21.2 Å². The van der Waals surface area contributed by atoms with Crippen molar-refractivity contribution in [2.75, 3.05) is 11.1 Å². The lowest BCUT2D eigenvalue weighted by Crippen LogP contribution is -2.26. The topological polar surface area (TPSA) is 64.0 Å². The van der Waals surface area contributed by atoms with E-state index in [2.05, 4.69) is 10.3 Å². The van der Waals surface area contributed by atoms with Crippen LogP contribution in [0.5, 0.6) is 0 Å². The molecule has 1 amide bonds. The highest BCUT2D eigenvalue weighted by atomic mass is 32.2. The number of thiophene rings is 1. The maximum atomic E-state index is 12.8. The summed E-state index contributed by atoms with van der Waals surface area (Å²) < 4.78 is 2.38. The second-order valence-corrected chi connectivity index (χ2v) is 8.48. The molecule has 142 valence electrons. The number of carbonyl (C=O) groups excluding carboxylic acids is 1. The molecule has 0 aliphatic heterocycles. The van der Waals surface area contributed by atoms with Crippen LogP contribution in [-0.2, 0) is 4.79 Å². The maximum absolute atomic E-state index is 12.8. The van der Waals surface area contributed by atoms with Gasteiger partial charge in [0, 0.05) is 11.7 Å². The summed E-state index contributed by atoms with van der Waals surface area (Å²) in [6.45, 7) is 8.04. The molecule has 0 aliphatic carbocycles. The number of benzene rings is 1. The molecule has 2 aromatic heterocycles. The third-order valence-corrected chi connectivity index (χ3v) is 6.34. The molecule has 0 bridgehead atoms. The Morgan fingerprint density at radius 2 is 2.11 bits per heavy atom. The van der Waals surface area contributed by atoms with E-state index in [9.17, 15) is 9.59 Å². The first-order chi connectivity index (χ1) is 12.9. The fourth-order valence-corrected chi connectivity index (χ4v) is 4.51. The first-order valence-corrected chi connectivity index (χ1v) is 10.8. The van der Waals surface area contributed by atoms with Gasteiger partial charge in [0.15, 0.2) is 5.16 Å². The van der Waals surface area contributed by atoms with Gasteiger partial charge in [-0.15, -0.1) is 11.3 Å². The Bertz CT molecular complexity index is 1040. The zero-order valence-electron chi connectivity index (χ0n) is 15.9. The van der Waals surface area contributed by atoms with Gasteiger partial charge in [0.25, 0.3) is 5.56 Å². The van der Waals surface area contributed by atoms with Gasteiger partial charge >= 0.3 is 0 Å². The summed E-state index contributed by atoms with van der Waals surface area (Å²) in [4.78, 5) is 29.9. The molecular weight excluding hydrogens is 378 g/mol. The normalized spacial score (nSPS) is 12.3. The van der Waals surface area contributed by atoms with Gasteiger partial charge in [0.2, 0.25) is 5.91 Å². The lowest BCUT2D eigenvalue weighted by molar-refractivity contribution is -0.113. The van der Waals surface area contributed by atoms with E-state index in [-0.39, 0.29) is 23.3 Å². The fraction of sp³-hybridized carbons (Fsp3) is 0.350. The maximum Gasteiger partial charge on any atom is 0.272 e. The Morgan fingerprint density at radius 3 is 2.81 bits per heavy atom. The van der Waals surface area contributed by atoms with Crippen LogP contribution in [0.1, 0.15) is 37.4 Å². The van der Waals surface area contributed by atoms with Crippen molar-refractivity contribution in [2.24, 2.45) is 0 Å². The van der Waals surface area contributed by atoms with Crippen LogP contribution in [0, 0.1) is 13.8 Å². The number of aryl methyl sites for hydroxylation is 2. The van der Waals surface area contributed by atoms with Crippen molar-refractivity contribution in [3.8, 4) is 0 Å². The highest BCUT2D eigenvalue weighted by Gasteiger charge is 2.17. The van der Waals surface area contributed by atoms with Gasteiger partial charge in [-0.05, 0) is 50.3 Å². The number of aromatic nitrogens is 2. The molecule has 7 heteroatoms. The highest BCUT2D eigenvalue weighted by molar-refractivity contribution is 7.99. The predicted octanol–water partition coefficient (Wildman–Crippen LogP) is 4.78. The van der Waals surface area contributed by atoms with E-state index in [1.54, 1.807) is 4.57 Å². The van der Waals surface area contributed by atoms with Gasteiger partial charge in [-0.2, -0.15) is 0 Å². The van der Waals surface area contributed by atoms with Crippen molar-refractivity contribution in [2.45, 2.75) is 45.3 Å². The van der Waals surface area contributed by atoms with E-state index >= 15 is 0 Å². The summed E-state index contributed by atoms with van der Waals surface area (Å²) in [6.07, 6.45) is 0.820. The smallest absolute Gasteiger partial charge is 0.272 e. The molecule has 0 saturated heterocycles. The average Bonchev–Trinajstić information content (AvgIpc) is 3.11. The third-order valence-electron chi connectivity index (χ3n) is 4.50. The number of nitrogens with one attached hydrogen (secondary N) is 1. The van der Waals surface area contributed by atoms with E-state index in [0.717, 1.165) is 23.2 Å². The van der Waals surface area contributed by atoms with Gasteiger partial charge in [-0.3, -0.25) is 14.2 Å². The van der Waals surface area contributed by atoms with Gasteiger partial charge in [-0.25, -0.2) is 4.98 Å². The van der Waals surface area contributed by atoms with Crippen molar-refractivity contribution < 1.29 is 4.79 Å². The van der Waals surface area contributed by atoms with Crippen LogP contribution in [0.2, 0.25) is 0 Å². The number of hydrogen-bond acceptors (Lipinski definition) is 5. The molecule has 3 rings (SSSR count). The number of hydrogen-bond donors (Lipinski definition) is 1. The predicted molar refractivity (Wildman–Crippen MR) is 114 cm³/mol. The minimum absolute atomic E-state index is 0.0263. The molecule has 1 atom stereocenters. The second kappa shape index (κ2) is 8.27. The lowest BCUT2D eigenvalue weighted by Gasteiger charge is -2.17. The number of nitrogens with zero attached hydrogens (tertiary/aromatic N) is 2. The molecule has 2 heterocycles. The molecule has 27 heavy (non-hydrogen) atoms. The fourth-order valence-electron chi connectivity index (χ4n) is 2.85. The van der Waals surface area contributed by atoms with Gasteiger partial charge in [-0.1, -0.05) is 36.4 Å². The summed E-state index contributed by atoms with van der Waals surface area (Å²) in [5.74, 6) is 0.0913. The van der Waals surface area contributed by atoms with Crippen LogP contribution in [0.4, 0.5) is 5.69 Å². The van der Waals surface area contributed by atoms with E-state index in [0.29, 0.717) is 15.4 Å². The van der Waals surface area contributed by atoms with Gasteiger partial charge in [0.05, 0.1) is 11.3 Å². The Kier molecular flexibility index (Phi) is 6.01. The van der Waals surface area contributed by atoms with Gasteiger partial charge in [0.1, 0.15) is 4.70 Å². The molecule has 1 aromatic carbocycles. The first kappa shape index (κ1) is 19.6. The molecule has 0 spiro atoms. The largest absolute Gasteiger partial charge is 0.325 e.